The number of rotatable bonds is 7. The number of carbonyl (C=O) groups excluding carboxylic acids is 1. The summed E-state index contributed by atoms with van der Waals surface area (Å²) in [6.07, 6.45) is 4.91. The molecule has 1 heterocycles. The Kier molecular flexibility index (Phi) is 6.99. The molecule has 24 heavy (non-hydrogen) atoms. The second-order valence-corrected chi connectivity index (χ2v) is 6.42. The molecule has 1 atom stereocenters. The van der Waals surface area contributed by atoms with Crippen molar-refractivity contribution in [2.75, 3.05) is 6.54 Å². The van der Waals surface area contributed by atoms with Crippen LogP contribution in [0, 0.1) is 5.92 Å². The Morgan fingerprint density at radius 3 is 2.88 bits per heavy atom. The number of hydrazine groups is 1. The summed E-state index contributed by atoms with van der Waals surface area (Å²) in [6.45, 7) is 5.18. The number of thiocarbonyl (C=S) groups is 1. The number of para-hydroxylation sites is 1. The highest BCUT2D eigenvalue weighted by Gasteiger charge is 2.13. The smallest absolute Gasteiger partial charge is 0.290 e. The minimum atomic E-state index is -0.326. The minimum absolute atomic E-state index is 0.326. The molecule has 0 saturated carbocycles. The largest absolute Gasteiger partial charge is 0.361 e. The number of fused-ring (bicyclic) bond motifs is 1. The molecule has 0 bridgehead atoms. The summed E-state index contributed by atoms with van der Waals surface area (Å²) < 4.78 is 0. The van der Waals surface area contributed by atoms with Crippen LogP contribution in [-0.2, 0) is 0 Å². The van der Waals surface area contributed by atoms with E-state index in [0.29, 0.717) is 16.7 Å². The number of unbranched alkanes of at least 4 members (excludes halogenated alkanes) is 2. The Balaban J connectivity index is 1.74. The molecule has 0 fully saturated rings. The lowest BCUT2D eigenvalue weighted by molar-refractivity contribution is 0.0940. The maximum atomic E-state index is 12.2. The van der Waals surface area contributed by atoms with E-state index in [0.717, 1.165) is 17.4 Å². The molecule has 0 radical (unpaired) electrons. The quantitative estimate of drug-likeness (QED) is 0.352. The first-order valence-electron chi connectivity index (χ1n) is 8.39. The van der Waals surface area contributed by atoms with E-state index in [2.05, 4.69) is 40.2 Å². The molecule has 6 nitrogen and oxygen atoms in total. The average Bonchev–Trinajstić information content (AvgIpc) is 3.02. The van der Waals surface area contributed by atoms with Crippen molar-refractivity contribution >= 4 is 34.1 Å². The third kappa shape index (κ3) is 5.19. The van der Waals surface area contributed by atoms with Gasteiger partial charge in [-0.2, -0.15) is 5.10 Å². The first-order chi connectivity index (χ1) is 11.6. The molecule has 1 aromatic heterocycles. The Morgan fingerprint density at radius 1 is 1.29 bits per heavy atom. The predicted octanol–water partition coefficient (Wildman–Crippen LogP) is 2.89. The monoisotopic (exact) mass is 347 g/mol. The van der Waals surface area contributed by atoms with Gasteiger partial charge >= 0.3 is 0 Å². The van der Waals surface area contributed by atoms with Crippen LogP contribution in [0.1, 0.15) is 50.0 Å². The topological polar surface area (TPSA) is 81.8 Å². The van der Waals surface area contributed by atoms with E-state index >= 15 is 0 Å². The van der Waals surface area contributed by atoms with Crippen LogP contribution in [0.5, 0.6) is 0 Å². The SMILES string of the molecule is CCCCCC(C)CNC(=S)NNC(=O)c1n[nH]c2ccccc12. The summed E-state index contributed by atoms with van der Waals surface area (Å²) in [5.41, 5.74) is 6.47. The molecule has 0 spiro atoms. The number of nitrogens with zero attached hydrogens (tertiary/aromatic N) is 1. The molecule has 4 N–H and O–H groups in total. The second kappa shape index (κ2) is 9.22. The molecule has 0 aliphatic carbocycles. The summed E-state index contributed by atoms with van der Waals surface area (Å²) in [4.78, 5) is 12.2. The van der Waals surface area contributed by atoms with Crippen molar-refractivity contribution in [2.24, 2.45) is 5.92 Å². The van der Waals surface area contributed by atoms with Gasteiger partial charge in [-0.1, -0.05) is 51.3 Å². The first kappa shape index (κ1) is 18.2. The lowest BCUT2D eigenvalue weighted by atomic mass is 10.0. The molecule has 1 unspecified atom stereocenters. The Bertz CT molecular complexity index is 684. The minimum Gasteiger partial charge on any atom is -0.361 e. The van der Waals surface area contributed by atoms with E-state index in [1.54, 1.807) is 0 Å². The van der Waals surface area contributed by atoms with E-state index in [9.17, 15) is 4.79 Å². The van der Waals surface area contributed by atoms with E-state index in [1.165, 1.54) is 25.7 Å². The first-order valence-corrected chi connectivity index (χ1v) is 8.80. The summed E-state index contributed by atoms with van der Waals surface area (Å²) in [5, 5.41) is 11.2. The van der Waals surface area contributed by atoms with Crippen LogP contribution in [-0.4, -0.2) is 27.8 Å². The standard InChI is InChI=1S/C17H25N5OS/c1-3-4-5-8-12(2)11-18-17(24)22-21-16(23)15-13-9-6-7-10-14(13)19-20-15/h6-7,9-10,12H,3-5,8,11H2,1-2H3,(H,19,20)(H,21,23)(H2,18,22,24). The van der Waals surface area contributed by atoms with Gasteiger partial charge < -0.3 is 5.32 Å². The molecule has 7 heteroatoms. The van der Waals surface area contributed by atoms with E-state index in [4.69, 9.17) is 12.2 Å². The summed E-state index contributed by atoms with van der Waals surface area (Å²) in [5.74, 6) is 0.217. The van der Waals surface area contributed by atoms with Crippen molar-refractivity contribution in [2.45, 2.75) is 39.5 Å². The van der Waals surface area contributed by atoms with Gasteiger partial charge in [0.1, 0.15) is 0 Å². The number of amides is 1. The number of aromatic nitrogens is 2. The summed E-state index contributed by atoms with van der Waals surface area (Å²) >= 11 is 5.19. The summed E-state index contributed by atoms with van der Waals surface area (Å²) in [7, 11) is 0. The van der Waals surface area contributed by atoms with Crippen LogP contribution in [0.25, 0.3) is 10.9 Å². The van der Waals surface area contributed by atoms with Crippen LogP contribution in [0.3, 0.4) is 0 Å². The molecule has 1 aromatic carbocycles. The van der Waals surface area contributed by atoms with Crippen LogP contribution in [0.15, 0.2) is 24.3 Å². The van der Waals surface area contributed by atoms with Crippen LogP contribution in [0.2, 0.25) is 0 Å². The maximum absolute atomic E-state index is 12.2. The van der Waals surface area contributed by atoms with Gasteiger partial charge in [0.15, 0.2) is 10.8 Å². The zero-order valence-electron chi connectivity index (χ0n) is 14.2. The Labute approximate surface area is 147 Å². The third-order valence-electron chi connectivity index (χ3n) is 3.89. The molecule has 0 saturated heterocycles. The van der Waals surface area contributed by atoms with Crippen molar-refractivity contribution in [3.05, 3.63) is 30.0 Å². The number of nitrogens with one attached hydrogen (secondary N) is 4. The molecule has 0 aliphatic rings. The fourth-order valence-corrected chi connectivity index (χ4v) is 2.60. The second-order valence-electron chi connectivity index (χ2n) is 6.01. The number of carbonyl (C=O) groups is 1. The number of hydrogen-bond donors (Lipinski definition) is 4. The molecule has 2 rings (SSSR count). The fraction of sp³-hybridized carbons (Fsp3) is 0.471. The number of H-pyrrole nitrogens is 1. The predicted molar refractivity (Wildman–Crippen MR) is 101 cm³/mol. The number of hydrogen-bond acceptors (Lipinski definition) is 3. The maximum Gasteiger partial charge on any atom is 0.290 e. The summed E-state index contributed by atoms with van der Waals surface area (Å²) in [6, 6.07) is 7.48. The van der Waals surface area contributed by atoms with Gasteiger partial charge in [-0.25, -0.2) is 0 Å². The molecular weight excluding hydrogens is 322 g/mol. The van der Waals surface area contributed by atoms with Crippen molar-refractivity contribution in [1.29, 1.82) is 0 Å². The van der Waals surface area contributed by atoms with Gasteiger partial charge in [0, 0.05) is 11.9 Å². The van der Waals surface area contributed by atoms with E-state index < -0.39 is 0 Å². The van der Waals surface area contributed by atoms with Gasteiger partial charge in [0.2, 0.25) is 0 Å². The zero-order chi connectivity index (χ0) is 17.4. The van der Waals surface area contributed by atoms with Crippen LogP contribution >= 0.6 is 12.2 Å². The molecule has 130 valence electrons. The van der Waals surface area contributed by atoms with Crippen molar-refractivity contribution in [3.63, 3.8) is 0 Å². The highest BCUT2D eigenvalue weighted by atomic mass is 32.1. The van der Waals surface area contributed by atoms with Gasteiger partial charge in [0.25, 0.3) is 5.91 Å². The molecule has 2 aromatic rings. The number of aromatic amines is 1. The van der Waals surface area contributed by atoms with Crippen LogP contribution in [0.4, 0.5) is 0 Å². The highest BCUT2D eigenvalue weighted by molar-refractivity contribution is 7.80. The van der Waals surface area contributed by atoms with Gasteiger partial charge in [0.05, 0.1) is 5.52 Å². The molecular formula is C17H25N5OS. The fourth-order valence-electron chi connectivity index (χ4n) is 2.47. The third-order valence-corrected chi connectivity index (χ3v) is 4.13. The lowest BCUT2D eigenvalue weighted by Gasteiger charge is -2.15. The van der Waals surface area contributed by atoms with Gasteiger partial charge in [-0.15, -0.1) is 0 Å². The van der Waals surface area contributed by atoms with E-state index in [1.807, 2.05) is 24.3 Å². The zero-order valence-corrected chi connectivity index (χ0v) is 15.0. The highest BCUT2D eigenvalue weighted by Crippen LogP contribution is 2.14. The molecule has 0 aliphatic heterocycles. The number of benzene rings is 1. The van der Waals surface area contributed by atoms with Crippen molar-refractivity contribution in [1.82, 2.24) is 26.4 Å². The van der Waals surface area contributed by atoms with Crippen molar-refractivity contribution < 1.29 is 4.79 Å². The van der Waals surface area contributed by atoms with Crippen molar-refractivity contribution in [3.8, 4) is 0 Å². The van der Waals surface area contributed by atoms with Gasteiger partial charge in [-0.3, -0.25) is 20.7 Å². The van der Waals surface area contributed by atoms with E-state index in [-0.39, 0.29) is 5.91 Å². The Hall–Kier alpha value is -2.15. The molecule has 1 amide bonds. The Morgan fingerprint density at radius 2 is 2.08 bits per heavy atom. The van der Waals surface area contributed by atoms with Crippen LogP contribution < -0.4 is 16.2 Å². The lowest BCUT2D eigenvalue weighted by Crippen LogP contribution is -2.47. The normalized spacial score (nSPS) is 11.9. The average molecular weight is 347 g/mol. The van der Waals surface area contributed by atoms with Gasteiger partial charge in [-0.05, 0) is 30.6 Å².